The van der Waals surface area contributed by atoms with Gasteiger partial charge in [-0.25, -0.2) is 4.68 Å². The molecule has 1 aromatic heterocycles. The summed E-state index contributed by atoms with van der Waals surface area (Å²) in [6.07, 6.45) is -0.662. The second-order valence-electron chi connectivity index (χ2n) is 7.43. The van der Waals surface area contributed by atoms with Gasteiger partial charge in [-0.15, -0.1) is 0 Å². The molecule has 0 spiro atoms. The first kappa shape index (κ1) is 21.1. The van der Waals surface area contributed by atoms with Gasteiger partial charge in [0, 0.05) is 31.2 Å². The number of carbonyl (C=O) groups is 1. The van der Waals surface area contributed by atoms with E-state index in [2.05, 4.69) is 37.7 Å². The Hall–Kier alpha value is -2.18. The van der Waals surface area contributed by atoms with E-state index in [4.69, 9.17) is 4.74 Å². The number of aliphatic hydroxyl groups excluding tert-OH is 1. The molecule has 0 aliphatic rings. The van der Waals surface area contributed by atoms with Crippen molar-refractivity contribution in [2.24, 2.45) is 7.05 Å². The van der Waals surface area contributed by atoms with Crippen LogP contribution in [0.2, 0.25) is 0 Å². The lowest BCUT2D eigenvalue weighted by Crippen LogP contribution is -2.43. The van der Waals surface area contributed by atoms with Gasteiger partial charge in [-0.05, 0) is 34.6 Å². The number of carbonyl (C=O) groups excluding carboxylic acids is 1. The average Bonchev–Trinajstić information content (AvgIpc) is 2.90. The molecule has 1 aromatic carbocycles. The highest BCUT2D eigenvalue weighted by Crippen LogP contribution is 2.25. The lowest BCUT2D eigenvalue weighted by atomic mass is 10.0. The van der Waals surface area contributed by atoms with Crippen LogP contribution in [-0.4, -0.2) is 56.9 Å². The first-order valence-corrected chi connectivity index (χ1v) is 9.42. The van der Waals surface area contributed by atoms with E-state index in [1.807, 2.05) is 18.2 Å². The third-order valence-corrected chi connectivity index (χ3v) is 4.59. The first-order valence-electron chi connectivity index (χ1n) is 9.42. The molecular formula is C21H31N3O3. The highest BCUT2D eigenvalue weighted by atomic mass is 16.5. The van der Waals surface area contributed by atoms with E-state index in [1.54, 1.807) is 30.8 Å². The van der Waals surface area contributed by atoms with Crippen LogP contribution < -0.4 is 4.74 Å². The number of aromatic nitrogens is 2. The SMILES string of the molecule is Cc1nn(C)c(OC[C@@H](O)CN(C(C)C)C(C)C)c1C(=O)c1ccccc1. The molecule has 27 heavy (non-hydrogen) atoms. The smallest absolute Gasteiger partial charge is 0.223 e. The molecule has 0 amide bonds. The molecule has 1 atom stereocenters. The molecule has 0 bridgehead atoms. The van der Waals surface area contributed by atoms with E-state index in [-0.39, 0.29) is 12.4 Å². The highest BCUT2D eigenvalue weighted by molar-refractivity contribution is 6.11. The fraction of sp³-hybridized carbons (Fsp3) is 0.524. The van der Waals surface area contributed by atoms with E-state index in [1.165, 1.54) is 0 Å². The van der Waals surface area contributed by atoms with E-state index in [9.17, 15) is 9.90 Å². The molecule has 6 heteroatoms. The quantitative estimate of drug-likeness (QED) is 0.685. The largest absolute Gasteiger partial charge is 0.474 e. The van der Waals surface area contributed by atoms with E-state index in [0.29, 0.717) is 41.3 Å². The van der Waals surface area contributed by atoms with Crippen LogP contribution >= 0.6 is 0 Å². The Labute approximate surface area is 161 Å². The van der Waals surface area contributed by atoms with Gasteiger partial charge in [0.15, 0.2) is 5.78 Å². The average molecular weight is 373 g/mol. The summed E-state index contributed by atoms with van der Waals surface area (Å²) in [6, 6.07) is 9.73. The molecule has 148 valence electrons. The number of aliphatic hydroxyl groups is 1. The predicted octanol–water partition coefficient (Wildman–Crippen LogP) is 2.82. The summed E-state index contributed by atoms with van der Waals surface area (Å²) >= 11 is 0. The Kier molecular flexibility index (Phi) is 7.16. The van der Waals surface area contributed by atoms with Gasteiger partial charge < -0.3 is 9.84 Å². The van der Waals surface area contributed by atoms with Crippen molar-refractivity contribution in [1.82, 2.24) is 14.7 Å². The summed E-state index contributed by atoms with van der Waals surface area (Å²) < 4.78 is 7.41. The summed E-state index contributed by atoms with van der Waals surface area (Å²) in [5.41, 5.74) is 1.65. The second-order valence-corrected chi connectivity index (χ2v) is 7.43. The molecule has 0 saturated carbocycles. The van der Waals surface area contributed by atoms with Crippen molar-refractivity contribution in [1.29, 1.82) is 0 Å². The van der Waals surface area contributed by atoms with Crippen LogP contribution in [0.1, 0.15) is 49.3 Å². The van der Waals surface area contributed by atoms with Gasteiger partial charge in [0.05, 0.1) is 5.69 Å². The van der Waals surface area contributed by atoms with Crippen molar-refractivity contribution < 1.29 is 14.6 Å². The zero-order valence-corrected chi connectivity index (χ0v) is 17.1. The molecule has 2 aromatic rings. The Morgan fingerprint density at radius 3 is 2.33 bits per heavy atom. The van der Waals surface area contributed by atoms with E-state index >= 15 is 0 Å². The van der Waals surface area contributed by atoms with Crippen LogP contribution in [0, 0.1) is 6.92 Å². The normalized spacial score (nSPS) is 12.8. The minimum Gasteiger partial charge on any atom is -0.474 e. The van der Waals surface area contributed by atoms with Gasteiger partial charge in [-0.2, -0.15) is 5.10 Å². The minimum absolute atomic E-state index is 0.101. The van der Waals surface area contributed by atoms with Gasteiger partial charge in [0.25, 0.3) is 0 Å². The molecule has 1 N–H and O–H groups in total. The van der Waals surface area contributed by atoms with Crippen molar-refractivity contribution in [3.8, 4) is 5.88 Å². The summed E-state index contributed by atoms with van der Waals surface area (Å²) in [6.45, 7) is 10.8. The Morgan fingerprint density at radius 1 is 1.19 bits per heavy atom. The maximum atomic E-state index is 12.9. The van der Waals surface area contributed by atoms with E-state index < -0.39 is 6.10 Å². The van der Waals surface area contributed by atoms with Crippen molar-refractivity contribution in [3.63, 3.8) is 0 Å². The number of benzene rings is 1. The number of aryl methyl sites for hydroxylation is 2. The monoisotopic (exact) mass is 373 g/mol. The van der Waals surface area contributed by atoms with Gasteiger partial charge >= 0.3 is 0 Å². The van der Waals surface area contributed by atoms with Crippen LogP contribution in [0.25, 0.3) is 0 Å². The zero-order valence-electron chi connectivity index (χ0n) is 17.1. The second kappa shape index (κ2) is 9.15. The van der Waals surface area contributed by atoms with Crippen LogP contribution in [-0.2, 0) is 7.05 Å². The highest BCUT2D eigenvalue weighted by Gasteiger charge is 2.24. The standard InChI is InChI=1S/C21H31N3O3/c1-14(2)24(15(3)4)12-18(25)13-27-21-19(16(5)22-23(21)6)20(26)17-10-8-7-9-11-17/h7-11,14-15,18,25H,12-13H2,1-6H3/t18-/m0/s1. The topological polar surface area (TPSA) is 67.6 Å². The molecule has 6 nitrogen and oxygen atoms in total. The summed E-state index contributed by atoms with van der Waals surface area (Å²) in [7, 11) is 1.74. The van der Waals surface area contributed by atoms with E-state index in [0.717, 1.165) is 0 Å². The zero-order chi connectivity index (χ0) is 20.1. The summed E-state index contributed by atoms with van der Waals surface area (Å²) in [5.74, 6) is 0.262. The van der Waals surface area contributed by atoms with Crippen LogP contribution in [0.3, 0.4) is 0 Å². The molecule has 1 heterocycles. The van der Waals surface area contributed by atoms with Gasteiger partial charge in [-0.1, -0.05) is 30.3 Å². The van der Waals surface area contributed by atoms with Crippen molar-refractivity contribution >= 4 is 5.78 Å². The maximum Gasteiger partial charge on any atom is 0.223 e. The molecule has 0 aliphatic carbocycles. The van der Waals surface area contributed by atoms with Gasteiger partial charge in [0.1, 0.15) is 18.3 Å². The molecule has 0 fully saturated rings. The Balaban J connectivity index is 2.14. The molecule has 0 radical (unpaired) electrons. The van der Waals surface area contributed by atoms with Crippen molar-refractivity contribution in [3.05, 3.63) is 47.2 Å². The van der Waals surface area contributed by atoms with Crippen LogP contribution in [0.5, 0.6) is 5.88 Å². The Bertz CT molecular complexity index is 746. The molecule has 0 unspecified atom stereocenters. The fourth-order valence-corrected chi connectivity index (χ4v) is 3.29. The third-order valence-electron chi connectivity index (χ3n) is 4.59. The number of hydrogen-bond acceptors (Lipinski definition) is 5. The lowest BCUT2D eigenvalue weighted by Gasteiger charge is -2.32. The summed E-state index contributed by atoms with van der Waals surface area (Å²) in [4.78, 5) is 15.1. The molecule has 0 saturated heterocycles. The molecule has 2 rings (SSSR count). The number of rotatable bonds is 9. The van der Waals surface area contributed by atoms with Crippen molar-refractivity contribution in [2.45, 2.75) is 52.8 Å². The number of ketones is 1. The number of nitrogens with zero attached hydrogens (tertiary/aromatic N) is 3. The molecule has 0 aliphatic heterocycles. The Morgan fingerprint density at radius 2 is 1.78 bits per heavy atom. The third kappa shape index (κ3) is 5.17. The minimum atomic E-state index is -0.662. The van der Waals surface area contributed by atoms with Crippen LogP contribution in [0.4, 0.5) is 0 Å². The summed E-state index contributed by atoms with van der Waals surface area (Å²) in [5, 5.41) is 14.8. The van der Waals surface area contributed by atoms with Gasteiger partial charge in [-0.3, -0.25) is 9.69 Å². The number of ether oxygens (including phenoxy) is 1. The first-order chi connectivity index (χ1) is 12.7. The van der Waals surface area contributed by atoms with Crippen LogP contribution in [0.15, 0.2) is 30.3 Å². The predicted molar refractivity (Wildman–Crippen MR) is 106 cm³/mol. The maximum absolute atomic E-state index is 12.9. The fourth-order valence-electron chi connectivity index (χ4n) is 3.29. The lowest BCUT2D eigenvalue weighted by molar-refractivity contribution is 0.0420. The molecular weight excluding hydrogens is 342 g/mol. The number of hydrogen-bond donors (Lipinski definition) is 1. The van der Waals surface area contributed by atoms with Crippen molar-refractivity contribution in [2.75, 3.05) is 13.2 Å². The van der Waals surface area contributed by atoms with Gasteiger partial charge in [0.2, 0.25) is 5.88 Å².